The van der Waals surface area contributed by atoms with Crippen molar-refractivity contribution in [3.05, 3.63) is 125 Å². The molecule has 0 N–H and O–H groups in total. The number of aldehydes is 1. The van der Waals surface area contributed by atoms with E-state index in [1.54, 1.807) is 13.2 Å². The van der Waals surface area contributed by atoms with Crippen LogP contribution >= 0.6 is 0 Å². The molecule has 36 heavy (non-hydrogen) atoms. The van der Waals surface area contributed by atoms with Crippen LogP contribution in [0.25, 0.3) is 0 Å². The van der Waals surface area contributed by atoms with Crippen molar-refractivity contribution in [3.63, 3.8) is 0 Å². The van der Waals surface area contributed by atoms with Crippen LogP contribution in [0.2, 0.25) is 0 Å². The van der Waals surface area contributed by atoms with Gasteiger partial charge in [0.2, 0.25) is 0 Å². The van der Waals surface area contributed by atoms with Crippen LogP contribution in [0.1, 0.15) is 32.6 Å². The highest BCUT2D eigenvalue weighted by atomic mass is 16.5. The van der Waals surface area contributed by atoms with E-state index < -0.39 is 0 Å². The van der Waals surface area contributed by atoms with E-state index in [4.69, 9.17) is 18.9 Å². The van der Waals surface area contributed by atoms with Crippen LogP contribution in [0, 0.1) is 0 Å². The summed E-state index contributed by atoms with van der Waals surface area (Å²) in [6.45, 7) is 1.71. The Morgan fingerprint density at radius 3 is 1.89 bits per heavy atom. The predicted molar refractivity (Wildman–Crippen MR) is 140 cm³/mol. The van der Waals surface area contributed by atoms with Gasteiger partial charge in [0, 0.05) is 6.07 Å². The number of methoxy groups -OCH3 is 1. The molecule has 4 aromatic rings. The minimum Gasteiger partial charge on any atom is -0.497 e. The van der Waals surface area contributed by atoms with Gasteiger partial charge in [-0.3, -0.25) is 4.79 Å². The number of rotatable bonds is 13. The Kier molecular flexibility index (Phi) is 9.12. The van der Waals surface area contributed by atoms with Crippen molar-refractivity contribution in [3.8, 4) is 17.2 Å². The quantitative estimate of drug-likeness (QED) is 0.162. The maximum Gasteiger partial charge on any atom is 0.154 e. The highest BCUT2D eigenvalue weighted by Gasteiger charge is 2.14. The third-order valence-corrected chi connectivity index (χ3v) is 5.75. The van der Waals surface area contributed by atoms with Crippen molar-refractivity contribution < 1.29 is 23.7 Å². The molecule has 0 heterocycles. The minimum atomic E-state index is 0.358. The molecule has 0 unspecified atom stereocenters. The topological polar surface area (TPSA) is 54.0 Å². The molecule has 0 aliphatic carbocycles. The van der Waals surface area contributed by atoms with Crippen molar-refractivity contribution in [1.82, 2.24) is 0 Å². The molecule has 4 aromatic carbocycles. The molecule has 0 atom stereocenters. The van der Waals surface area contributed by atoms with E-state index >= 15 is 0 Å². The van der Waals surface area contributed by atoms with Crippen LogP contribution < -0.4 is 14.2 Å². The second-order valence-corrected chi connectivity index (χ2v) is 8.31. The molecule has 5 heteroatoms. The second-order valence-electron chi connectivity index (χ2n) is 8.31. The Hall–Kier alpha value is -4.09. The first-order chi connectivity index (χ1) is 17.7. The van der Waals surface area contributed by atoms with E-state index in [0.717, 1.165) is 34.3 Å². The predicted octanol–water partition coefficient (Wildman–Crippen LogP) is 6.43. The average Bonchev–Trinajstić information content (AvgIpc) is 2.94. The first-order valence-electron chi connectivity index (χ1n) is 11.9. The summed E-state index contributed by atoms with van der Waals surface area (Å²) in [7, 11) is 1.64. The molecule has 0 radical (unpaired) electrons. The summed E-state index contributed by atoms with van der Waals surface area (Å²) in [6.07, 6.45) is 1.40. The van der Waals surface area contributed by atoms with Crippen LogP contribution in [0.5, 0.6) is 17.2 Å². The number of carbonyl (C=O) groups is 1. The Bertz CT molecular complexity index is 1220. The normalized spacial score (nSPS) is 10.6. The Balaban J connectivity index is 1.47. The summed E-state index contributed by atoms with van der Waals surface area (Å²) in [5.41, 5.74) is 4.49. The third kappa shape index (κ3) is 7.20. The van der Waals surface area contributed by atoms with Crippen LogP contribution in [-0.4, -0.2) is 20.0 Å². The van der Waals surface area contributed by atoms with Gasteiger partial charge in [-0.2, -0.15) is 0 Å². The molecule has 0 amide bonds. The van der Waals surface area contributed by atoms with E-state index in [9.17, 15) is 4.79 Å². The molecule has 0 saturated carbocycles. The zero-order valence-electron chi connectivity index (χ0n) is 20.4. The Morgan fingerprint density at radius 1 is 0.667 bits per heavy atom. The molecule has 184 valence electrons. The van der Waals surface area contributed by atoms with Gasteiger partial charge in [-0.1, -0.05) is 72.8 Å². The highest BCUT2D eigenvalue weighted by molar-refractivity contribution is 5.82. The summed E-state index contributed by atoms with van der Waals surface area (Å²) in [5.74, 6) is 1.96. The van der Waals surface area contributed by atoms with Crippen molar-refractivity contribution in [2.75, 3.05) is 13.7 Å². The van der Waals surface area contributed by atoms with E-state index in [-0.39, 0.29) is 0 Å². The van der Waals surface area contributed by atoms with Crippen molar-refractivity contribution in [2.24, 2.45) is 0 Å². The number of ether oxygens (including phenoxy) is 4. The zero-order chi connectivity index (χ0) is 25.0. The molecule has 5 nitrogen and oxygen atoms in total. The summed E-state index contributed by atoms with van der Waals surface area (Å²) in [6, 6.07) is 31.3. The maximum atomic E-state index is 12.1. The minimum absolute atomic E-state index is 0.358. The molecule has 4 rings (SSSR count). The fourth-order valence-electron chi connectivity index (χ4n) is 3.77. The summed E-state index contributed by atoms with van der Waals surface area (Å²) >= 11 is 0. The Morgan fingerprint density at radius 2 is 1.28 bits per heavy atom. The summed E-state index contributed by atoms with van der Waals surface area (Å²) in [5, 5.41) is 0. The van der Waals surface area contributed by atoms with Gasteiger partial charge in [-0.15, -0.1) is 0 Å². The fourth-order valence-corrected chi connectivity index (χ4v) is 3.77. The van der Waals surface area contributed by atoms with E-state index in [1.165, 1.54) is 0 Å². The number of hydrogen-bond donors (Lipinski definition) is 0. The molecule has 0 aromatic heterocycles. The van der Waals surface area contributed by atoms with Gasteiger partial charge in [-0.25, -0.2) is 0 Å². The van der Waals surface area contributed by atoms with Crippen LogP contribution in [0.15, 0.2) is 97.1 Å². The average molecular weight is 483 g/mol. The SMILES string of the molecule is COc1ccc(COCCc2cc(OCc3ccccc3)cc(OCc3ccccc3)c2C=O)cc1. The molecule has 0 bridgehead atoms. The van der Waals surface area contributed by atoms with Gasteiger partial charge < -0.3 is 18.9 Å². The summed E-state index contributed by atoms with van der Waals surface area (Å²) < 4.78 is 23.3. The van der Waals surface area contributed by atoms with Crippen molar-refractivity contribution in [2.45, 2.75) is 26.2 Å². The van der Waals surface area contributed by atoms with Crippen LogP contribution in [-0.2, 0) is 31.0 Å². The smallest absolute Gasteiger partial charge is 0.154 e. The van der Waals surface area contributed by atoms with Gasteiger partial charge in [0.1, 0.15) is 30.5 Å². The molecular formula is C31H30O5. The van der Waals surface area contributed by atoms with Gasteiger partial charge in [0.25, 0.3) is 0 Å². The van der Waals surface area contributed by atoms with E-state index in [2.05, 4.69) is 0 Å². The monoisotopic (exact) mass is 482 g/mol. The maximum absolute atomic E-state index is 12.1. The van der Waals surface area contributed by atoms with Crippen LogP contribution in [0.4, 0.5) is 0 Å². The lowest BCUT2D eigenvalue weighted by Crippen LogP contribution is -2.06. The largest absolute Gasteiger partial charge is 0.497 e. The molecule has 0 aliphatic rings. The van der Waals surface area contributed by atoms with Gasteiger partial charge in [-0.05, 0) is 46.9 Å². The van der Waals surface area contributed by atoms with Gasteiger partial charge >= 0.3 is 0 Å². The van der Waals surface area contributed by atoms with Gasteiger partial charge in [0.15, 0.2) is 6.29 Å². The molecule has 0 spiro atoms. The highest BCUT2D eigenvalue weighted by Crippen LogP contribution is 2.30. The molecular weight excluding hydrogens is 452 g/mol. The first-order valence-corrected chi connectivity index (χ1v) is 11.9. The van der Waals surface area contributed by atoms with E-state index in [0.29, 0.717) is 49.9 Å². The zero-order valence-corrected chi connectivity index (χ0v) is 20.4. The first kappa shape index (κ1) is 25.0. The molecule has 0 saturated heterocycles. The number of benzene rings is 4. The van der Waals surface area contributed by atoms with Crippen LogP contribution in [0.3, 0.4) is 0 Å². The lowest BCUT2D eigenvalue weighted by Gasteiger charge is -2.16. The van der Waals surface area contributed by atoms with E-state index in [1.807, 2.05) is 91.0 Å². The van der Waals surface area contributed by atoms with Crippen molar-refractivity contribution >= 4 is 6.29 Å². The number of hydrogen-bond acceptors (Lipinski definition) is 5. The molecule has 0 fully saturated rings. The number of carbonyl (C=O) groups excluding carboxylic acids is 1. The standard InChI is InChI=1S/C31H30O5/c1-33-28-14-12-26(13-15-28)21-34-17-16-27-18-29(35-22-24-8-4-2-5-9-24)19-31(30(27)20-32)36-23-25-10-6-3-7-11-25/h2-15,18-20H,16-17,21-23H2,1H3. The van der Waals surface area contributed by atoms with Gasteiger partial charge in [0.05, 0.1) is 25.9 Å². The summed E-state index contributed by atoms with van der Waals surface area (Å²) in [4.78, 5) is 12.1. The lowest BCUT2D eigenvalue weighted by molar-refractivity contribution is 0.111. The Labute approximate surface area is 212 Å². The lowest BCUT2D eigenvalue weighted by atomic mass is 10.0. The fraction of sp³-hybridized carbons (Fsp3) is 0.194. The van der Waals surface area contributed by atoms with Crippen molar-refractivity contribution in [1.29, 1.82) is 0 Å². The molecule has 0 aliphatic heterocycles. The third-order valence-electron chi connectivity index (χ3n) is 5.75. The second kappa shape index (κ2) is 13.1.